The van der Waals surface area contributed by atoms with E-state index >= 15 is 0 Å². The van der Waals surface area contributed by atoms with Crippen molar-refractivity contribution in [1.82, 2.24) is 4.90 Å². The minimum atomic E-state index is 0.390. The van der Waals surface area contributed by atoms with Crippen molar-refractivity contribution in [1.29, 1.82) is 0 Å². The molecule has 1 fully saturated rings. The molecule has 0 spiro atoms. The summed E-state index contributed by atoms with van der Waals surface area (Å²) in [4.78, 5) is 2.56. The van der Waals surface area contributed by atoms with Gasteiger partial charge in [0, 0.05) is 12.5 Å². The third kappa shape index (κ3) is 4.62. The van der Waals surface area contributed by atoms with Crippen LogP contribution in [0.3, 0.4) is 0 Å². The standard InChI is InChI=1S/C22H30N2O/c1-2-25-22-11-7-6-10-20(22)21(16-23)19-12-14-24(15-13-19)17-18-8-4-3-5-9-18/h3-11,19,21H,2,12-17,23H2,1H3. The number of piperidine rings is 1. The average Bonchev–Trinajstić information content (AvgIpc) is 2.66. The molecule has 3 heteroatoms. The van der Waals surface area contributed by atoms with Gasteiger partial charge in [-0.25, -0.2) is 0 Å². The van der Waals surface area contributed by atoms with E-state index < -0.39 is 0 Å². The minimum Gasteiger partial charge on any atom is -0.494 e. The number of nitrogens with two attached hydrogens (primary N) is 1. The van der Waals surface area contributed by atoms with Gasteiger partial charge in [-0.3, -0.25) is 4.90 Å². The molecule has 1 heterocycles. The Kier molecular flexibility index (Phi) is 6.48. The van der Waals surface area contributed by atoms with Gasteiger partial charge in [-0.15, -0.1) is 0 Å². The predicted molar refractivity (Wildman–Crippen MR) is 104 cm³/mol. The van der Waals surface area contributed by atoms with Crippen molar-refractivity contribution in [3.8, 4) is 5.75 Å². The minimum absolute atomic E-state index is 0.390. The van der Waals surface area contributed by atoms with Crippen molar-refractivity contribution in [2.24, 2.45) is 11.7 Å². The molecule has 2 N–H and O–H groups in total. The molecule has 134 valence electrons. The van der Waals surface area contributed by atoms with Crippen LogP contribution in [0.4, 0.5) is 0 Å². The quantitative estimate of drug-likeness (QED) is 0.828. The molecule has 3 rings (SSSR count). The van der Waals surface area contributed by atoms with Crippen LogP contribution in [0.25, 0.3) is 0 Å². The molecule has 2 aromatic carbocycles. The highest BCUT2D eigenvalue weighted by Gasteiger charge is 2.28. The number of rotatable bonds is 7. The lowest BCUT2D eigenvalue weighted by atomic mass is 9.79. The Balaban J connectivity index is 1.63. The van der Waals surface area contributed by atoms with Crippen LogP contribution in [0, 0.1) is 5.92 Å². The number of nitrogens with zero attached hydrogens (tertiary/aromatic N) is 1. The van der Waals surface area contributed by atoms with E-state index in [1.54, 1.807) is 0 Å². The zero-order chi connectivity index (χ0) is 17.5. The fraction of sp³-hybridized carbons (Fsp3) is 0.455. The Bertz CT molecular complexity index is 635. The maximum atomic E-state index is 6.19. The molecule has 1 aliphatic rings. The van der Waals surface area contributed by atoms with Crippen molar-refractivity contribution in [3.63, 3.8) is 0 Å². The number of hydrogen-bond donors (Lipinski definition) is 1. The Hall–Kier alpha value is -1.84. The maximum Gasteiger partial charge on any atom is 0.122 e. The van der Waals surface area contributed by atoms with Crippen LogP contribution in [0.5, 0.6) is 5.75 Å². The number of benzene rings is 2. The molecular formula is C22H30N2O. The van der Waals surface area contributed by atoms with Gasteiger partial charge >= 0.3 is 0 Å². The summed E-state index contributed by atoms with van der Waals surface area (Å²) in [6.07, 6.45) is 2.41. The first-order valence-corrected chi connectivity index (χ1v) is 9.50. The second-order valence-corrected chi connectivity index (χ2v) is 6.91. The van der Waals surface area contributed by atoms with Crippen LogP contribution >= 0.6 is 0 Å². The second kappa shape index (κ2) is 9.02. The molecule has 1 unspecified atom stereocenters. The highest BCUT2D eigenvalue weighted by Crippen LogP contribution is 2.36. The highest BCUT2D eigenvalue weighted by atomic mass is 16.5. The maximum absolute atomic E-state index is 6.19. The van der Waals surface area contributed by atoms with Crippen LogP contribution < -0.4 is 10.5 Å². The topological polar surface area (TPSA) is 38.5 Å². The lowest BCUT2D eigenvalue weighted by Crippen LogP contribution is -2.36. The number of hydrogen-bond acceptors (Lipinski definition) is 3. The van der Waals surface area contributed by atoms with E-state index in [2.05, 4.69) is 53.4 Å². The number of para-hydroxylation sites is 1. The summed E-state index contributed by atoms with van der Waals surface area (Å²) in [5.41, 5.74) is 8.88. The van der Waals surface area contributed by atoms with Gasteiger partial charge in [0.2, 0.25) is 0 Å². The first-order chi connectivity index (χ1) is 12.3. The Labute approximate surface area is 151 Å². The van der Waals surface area contributed by atoms with Crippen LogP contribution in [0.2, 0.25) is 0 Å². The Morgan fingerprint density at radius 3 is 2.40 bits per heavy atom. The molecular weight excluding hydrogens is 308 g/mol. The van der Waals surface area contributed by atoms with Gasteiger partial charge in [0.1, 0.15) is 5.75 Å². The van der Waals surface area contributed by atoms with Crippen LogP contribution in [-0.2, 0) is 6.54 Å². The van der Waals surface area contributed by atoms with Gasteiger partial charge in [0.05, 0.1) is 6.61 Å². The lowest BCUT2D eigenvalue weighted by molar-refractivity contribution is 0.161. The van der Waals surface area contributed by atoms with Crippen LogP contribution in [0.15, 0.2) is 54.6 Å². The lowest BCUT2D eigenvalue weighted by Gasteiger charge is -2.36. The molecule has 1 saturated heterocycles. The van der Waals surface area contributed by atoms with Gasteiger partial charge in [0.15, 0.2) is 0 Å². The van der Waals surface area contributed by atoms with E-state index in [1.165, 1.54) is 24.0 Å². The first-order valence-electron chi connectivity index (χ1n) is 9.50. The normalized spacial score (nSPS) is 17.4. The van der Waals surface area contributed by atoms with E-state index in [0.717, 1.165) is 25.4 Å². The summed E-state index contributed by atoms with van der Waals surface area (Å²) < 4.78 is 5.84. The van der Waals surface area contributed by atoms with Crippen LogP contribution in [0.1, 0.15) is 36.8 Å². The zero-order valence-corrected chi connectivity index (χ0v) is 15.2. The van der Waals surface area contributed by atoms with Gasteiger partial charge < -0.3 is 10.5 Å². The molecule has 0 aliphatic carbocycles. The van der Waals surface area contributed by atoms with Crippen molar-refractivity contribution >= 4 is 0 Å². The smallest absolute Gasteiger partial charge is 0.122 e. The van der Waals surface area contributed by atoms with Gasteiger partial charge in [-0.2, -0.15) is 0 Å². The van der Waals surface area contributed by atoms with Gasteiger partial charge in [-0.05, 0) is 62.5 Å². The summed E-state index contributed by atoms with van der Waals surface area (Å²) in [5.74, 6) is 2.03. The summed E-state index contributed by atoms with van der Waals surface area (Å²) in [6.45, 7) is 6.77. The molecule has 2 aromatic rings. The average molecular weight is 338 g/mol. The van der Waals surface area contributed by atoms with E-state index in [4.69, 9.17) is 10.5 Å². The first kappa shape index (κ1) is 18.0. The van der Waals surface area contributed by atoms with E-state index in [0.29, 0.717) is 25.0 Å². The Morgan fingerprint density at radius 2 is 1.72 bits per heavy atom. The molecule has 25 heavy (non-hydrogen) atoms. The SMILES string of the molecule is CCOc1ccccc1C(CN)C1CCN(Cc2ccccc2)CC1. The van der Waals surface area contributed by atoms with Crippen molar-refractivity contribution in [2.45, 2.75) is 32.2 Å². The third-order valence-corrected chi connectivity index (χ3v) is 5.32. The fourth-order valence-corrected chi connectivity index (χ4v) is 4.00. The highest BCUT2D eigenvalue weighted by molar-refractivity contribution is 5.37. The molecule has 1 atom stereocenters. The molecule has 0 amide bonds. The predicted octanol–water partition coefficient (Wildman–Crippen LogP) is 4.04. The fourth-order valence-electron chi connectivity index (χ4n) is 4.00. The van der Waals surface area contributed by atoms with Crippen molar-refractivity contribution in [2.75, 3.05) is 26.2 Å². The van der Waals surface area contributed by atoms with Gasteiger partial charge in [0.25, 0.3) is 0 Å². The molecule has 0 aromatic heterocycles. The number of likely N-dealkylation sites (tertiary alicyclic amines) is 1. The second-order valence-electron chi connectivity index (χ2n) is 6.91. The van der Waals surface area contributed by atoms with Crippen molar-refractivity contribution < 1.29 is 4.74 Å². The third-order valence-electron chi connectivity index (χ3n) is 5.32. The van der Waals surface area contributed by atoms with Crippen molar-refractivity contribution in [3.05, 3.63) is 65.7 Å². The molecule has 0 radical (unpaired) electrons. The summed E-state index contributed by atoms with van der Waals surface area (Å²) in [6, 6.07) is 19.2. The van der Waals surface area contributed by atoms with Crippen LogP contribution in [-0.4, -0.2) is 31.1 Å². The molecule has 0 saturated carbocycles. The number of ether oxygens (including phenoxy) is 1. The summed E-state index contributed by atoms with van der Waals surface area (Å²) >= 11 is 0. The largest absolute Gasteiger partial charge is 0.494 e. The van der Waals surface area contributed by atoms with E-state index in [-0.39, 0.29) is 0 Å². The monoisotopic (exact) mass is 338 g/mol. The summed E-state index contributed by atoms with van der Waals surface area (Å²) in [5, 5.41) is 0. The Morgan fingerprint density at radius 1 is 1.04 bits per heavy atom. The van der Waals surface area contributed by atoms with E-state index in [1.807, 2.05) is 13.0 Å². The molecule has 1 aliphatic heterocycles. The molecule has 0 bridgehead atoms. The zero-order valence-electron chi connectivity index (χ0n) is 15.2. The molecule has 3 nitrogen and oxygen atoms in total. The van der Waals surface area contributed by atoms with Gasteiger partial charge in [-0.1, -0.05) is 48.5 Å². The van der Waals surface area contributed by atoms with E-state index in [9.17, 15) is 0 Å². The summed E-state index contributed by atoms with van der Waals surface area (Å²) in [7, 11) is 0.